The molecule has 2 N–H and O–H groups in total. The standard InChI is InChI=1S/C15H30N2O3/c1-4-6-7-13(5-2)10-19-11-14(20-15(16)18)9-17-8-12(17)3/h12-14H,4-11H2,1-3H3,(H2,16,18). The van der Waals surface area contributed by atoms with Gasteiger partial charge in [-0.05, 0) is 19.3 Å². The Balaban J connectivity index is 2.23. The lowest BCUT2D eigenvalue weighted by Crippen LogP contribution is -2.33. The lowest BCUT2D eigenvalue weighted by molar-refractivity contribution is 0.00380. The maximum absolute atomic E-state index is 10.9. The van der Waals surface area contributed by atoms with Crippen molar-refractivity contribution in [3.63, 3.8) is 0 Å². The number of amides is 1. The van der Waals surface area contributed by atoms with Gasteiger partial charge in [0.1, 0.15) is 6.10 Å². The van der Waals surface area contributed by atoms with Crippen LogP contribution >= 0.6 is 0 Å². The van der Waals surface area contributed by atoms with E-state index in [1.165, 1.54) is 19.3 Å². The van der Waals surface area contributed by atoms with Crippen LogP contribution in [-0.4, -0.2) is 49.4 Å². The van der Waals surface area contributed by atoms with Crippen molar-refractivity contribution in [3.05, 3.63) is 0 Å². The van der Waals surface area contributed by atoms with E-state index in [1.807, 2.05) is 0 Å². The maximum Gasteiger partial charge on any atom is 0.404 e. The van der Waals surface area contributed by atoms with Gasteiger partial charge in [0.05, 0.1) is 6.61 Å². The Morgan fingerprint density at radius 1 is 1.40 bits per heavy atom. The molecule has 1 saturated heterocycles. The molecule has 1 aliphatic rings. The zero-order chi connectivity index (χ0) is 15.0. The summed E-state index contributed by atoms with van der Waals surface area (Å²) < 4.78 is 10.9. The van der Waals surface area contributed by atoms with Crippen LogP contribution in [0.2, 0.25) is 0 Å². The number of hydrogen-bond acceptors (Lipinski definition) is 4. The third kappa shape index (κ3) is 7.10. The Bertz CT molecular complexity index is 286. The minimum absolute atomic E-state index is 0.249. The van der Waals surface area contributed by atoms with Crippen LogP contribution in [0.5, 0.6) is 0 Å². The number of nitrogens with two attached hydrogens (primary N) is 1. The lowest BCUT2D eigenvalue weighted by Gasteiger charge is -2.20. The second kappa shape index (κ2) is 9.19. The number of nitrogens with zero attached hydrogens (tertiary/aromatic N) is 1. The van der Waals surface area contributed by atoms with Gasteiger partial charge < -0.3 is 15.2 Å². The molecule has 0 aromatic carbocycles. The molecule has 20 heavy (non-hydrogen) atoms. The van der Waals surface area contributed by atoms with E-state index in [4.69, 9.17) is 15.2 Å². The molecular weight excluding hydrogens is 256 g/mol. The molecule has 0 radical (unpaired) electrons. The van der Waals surface area contributed by atoms with E-state index in [-0.39, 0.29) is 6.10 Å². The van der Waals surface area contributed by atoms with Crippen LogP contribution in [0.25, 0.3) is 0 Å². The second-order valence-corrected chi connectivity index (χ2v) is 5.82. The van der Waals surface area contributed by atoms with Gasteiger partial charge in [0.15, 0.2) is 0 Å². The summed E-state index contributed by atoms with van der Waals surface area (Å²) in [5.74, 6) is 0.601. The highest BCUT2D eigenvalue weighted by atomic mass is 16.6. The van der Waals surface area contributed by atoms with Crippen molar-refractivity contribution >= 4 is 6.09 Å². The number of carbonyl (C=O) groups is 1. The average molecular weight is 286 g/mol. The maximum atomic E-state index is 10.9. The van der Waals surface area contributed by atoms with Gasteiger partial charge in [0, 0.05) is 25.7 Å². The number of carbonyl (C=O) groups excluding carboxylic acids is 1. The summed E-state index contributed by atoms with van der Waals surface area (Å²) in [7, 11) is 0. The van der Waals surface area contributed by atoms with E-state index in [1.54, 1.807) is 0 Å². The van der Waals surface area contributed by atoms with Crippen molar-refractivity contribution in [2.24, 2.45) is 11.7 Å². The van der Waals surface area contributed by atoms with Crippen LogP contribution in [0.4, 0.5) is 4.79 Å². The predicted octanol–water partition coefficient (Wildman–Crippen LogP) is 2.39. The van der Waals surface area contributed by atoms with Gasteiger partial charge in [0.2, 0.25) is 0 Å². The number of rotatable bonds is 11. The summed E-state index contributed by atoms with van der Waals surface area (Å²) in [6.07, 6.45) is 3.83. The highest BCUT2D eigenvalue weighted by Gasteiger charge is 2.32. The molecule has 0 saturated carbocycles. The summed E-state index contributed by atoms with van der Waals surface area (Å²) >= 11 is 0. The monoisotopic (exact) mass is 286 g/mol. The van der Waals surface area contributed by atoms with Crippen molar-refractivity contribution < 1.29 is 14.3 Å². The first kappa shape index (κ1) is 17.2. The first-order valence-corrected chi connectivity index (χ1v) is 7.84. The Kier molecular flexibility index (Phi) is 7.92. The highest BCUT2D eigenvalue weighted by molar-refractivity contribution is 5.64. The molecule has 118 valence electrons. The predicted molar refractivity (Wildman–Crippen MR) is 79.6 cm³/mol. The smallest absolute Gasteiger partial charge is 0.404 e. The largest absolute Gasteiger partial charge is 0.443 e. The fraction of sp³-hybridized carbons (Fsp3) is 0.933. The van der Waals surface area contributed by atoms with Crippen LogP contribution in [0, 0.1) is 5.92 Å². The third-order valence-electron chi connectivity index (χ3n) is 3.91. The Labute approximate surface area is 122 Å². The van der Waals surface area contributed by atoms with Crippen molar-refractivity contribution in [1.29, 1.82) is 0 Å². The molecule has 1 amide bonds. The van der Waals surface area contributed by atoms with Gasteiger partial charge in [-0.15, -0.1) is 0 Å². The molecule has 5 heteroatoms. The van der Waals surface area contributed by atoms with Gasteiger partial charge in [-0.1, -0.05) is 33.1 Å². The first-order chi connectivity index (χ1) is 9.56. The van der Waals surface area contributed by atoms with Crippen LogP contribution in [0.1, 0.15) is 46.5 Å². The van der Waals surface area contributed by atoms with Crippen molar-refractivity contribution in [2.45, 2.75) is 58.6 Å². The fourth-order valence-corrected chi connectivity index (χ4v) is 2.36. The number of ether oxygens (including phenoxy) is 2. The molecule has 1 rings (SSSR count). The van der Waals surface area contributed by atoms with Crippen molar-refractivity contribution in [1.82, 2.24) is 4.90 Å². The van der Waals surface area contributed by atoms with E-state index in [0.29, 0.717) is 18.6 Å². The van der Waals surface area contributed by atoms with Gasteiger partial charge in [-0.25, -0.2) is 4.79 Å². The summed E-state index contributed by atoms with van der Waals surface area (Å²) in [6.45, 7) is 9.51. The van der Waals surface area contributed by atoms with Crippen molar-refractivity contribution in [2.75, 3.05) is 26.3 Å². The van der Waals surface area contributed by atoms with Crippen LogP contribution in [0.15, 0.2) is 0 Å². The van der Waals surface area contributed by atoms with Crippen LogP contribution < -0.4 is 5.73 Å². The molecule has 4 atom stereocenters. The molecule has 5 nitrogen and oxygen atoms in total. The SMILES string of the molecule is CCCCC(CC)COCC(CN1CC1C)OC(N)=O. The molecule has 1 heterocycles. The molecule has 4 unspecified atom stereocenters. The van der Waals surface area contributed by atoms with Gasteiger partial charge in [-0.3, -0.25) is 4.90 Å². The number of primary amides is 1. The molecular formula is C15H30N2O3. The first-order valence-electron chi connectivity index (χ1n) is 7.84. The molecule has 0 aromatic heterocycles. The summed E-state index contributed by atoms with van der Waals surface area (Å²) in [4.78, 5) is 13.2. The Morgan fingerprint density at radius 2 is 2.10 bits per heavy atom. The molecule has 1 fully saturated rings. The number of unbranched alkanes of at least 4 members (excludes halogenated alkanes) is 1. The number of hydrogen-bond donors (Lipinski definition) is 1. The van der Waals surface area contributed by atoms with Gasteiger partial charge in [0.25, 0.3) is 0 Å². The Hall–Kier alpha value is -0.810. The Morgan fingerprint density at radius 3 is 2.60 bits per heavy atom. The highest BCUT2D eigenvalue weighted by Crippen LogP contribution is 2.18. The minimum Gasteiger partial charge on any atom is -0.443 e. The molecule has 0 aromatic rings. The van der Waals surface area contributed by atoms with E-state index < -0.39 is 6.09 Å². The van der Waals surface area contributed by atoms with E-state index in [9.17, 15) is 4.79 Å². The normalized spacial score (nSPS) is 24.1. The quantitative estimate of drug-likeness (QED) is 0.592. The molecule has 1 aliphatic heterocycles. The average Bonchev–Trinajstić information content (AvgIpc) is 3.08. The van der Waals surface area contributed by atoms with Crippen LogP contribution in [-0.2, 0) is 9.47 Å². The van der Waals surface area contributed by atoms with Crippen molar-refractivity contribution in [3.8, 4) is 0 Å². The van der Waals surface area contributed by atoms with E-state index >= 15 is 0 Å². The molecule has 0 bridgehead atoms. The molecule has 0 spiro atoms. The topological polar surface area (TPSA) is 64.6 Å². The van der Waals surface area contributed by atoms with E-state index in [2.05, 4.69) is 25.7 Å². The lowest BCUT2D eigenvalue weighted by atomic mass is 10.0. The summed E-state index contributed by atoms with van der Waals surface area (Å²) in [6, 6.07) is 0.585. The fourth-order valence-electron chi connectivity index (χ4n) is 2.36. The van der Waals surface area contributed by atoms with Crippen LogP contribution in [0.3, 0.4) is 0 Å². The zero-order valence-corrected chi connectivity index (χ0v) is 13.1. The molecule has 0 aliphatic carbocycles. The summed E-state index contributed by atoms with van der Waals surface area (Å²) in [5, 5.41) is 0. The van der Waals surface area contributed by atoms with E-state index in [0.717, 1.165) is 26.1 Å². The van der Waals surface area contributed by atoms with Gasteiger partial charge in [-0.2, -0.15) is 0 Å². The summed E-state index contributed by atoms with van der Waals surface area (Å²) in [5.41, 5.74) is 5.11. The second-order valence-electron chi connectivity index (χ2n) is 5.82. The van der Waals surface area contributed by atoms with Gasteiger partial charge >= 0.3 is 6.09 Å². The zero-order valence-electron chi connectivity index (χ0n) is 13.1. The minimum atomic E-state index is -0.717. The third-order valence-corrected chi connectivity index (χ3v) is 3.91.